The SMILES string of the molecule is CCCCCCCCCCOc1cccc(N)c1.c1ccc2c(c1)Cc1ccccc1-2. The molecule has 2 N–H and O–H groups in total. The van der Waals surface area contributed by atoms with Crippen molar-refractivity contribution in [2.75, 3.05) is 12.3 Å². The van der Waals surface area contributed by atoms with Gasteiger partial charge in [-0.25, -0.2) is 0 Å². The summed E-state index contributed by atoms with van der Waals surface area (Å²) < 4.78 is 5.65. The predicted molar refractivity (Wildman–Crippen MR) is 134 cm³/mol. The molecule has 0 spiro atoms. The van der Waals surface area contributed by atoms with E-state index >= 15 is 0 Å². The molecule has 31 heavy (non-hydrogen) atoms. The fraction of sp³-hybridized carbons (Fsp3) is 0.379. The molecule has 1 aliphatic rings. The van der Waals surface area contributed by atoms with E-state index in [4.69, 9.17) is 10.5 Å². The molecule has 0 unspecified atom stereocenters. The van der Waals surface area contributed by atoms with Crippen LogP contribution in [0.4, 0.5) is 5.69 Å². The van der Waals surface area contributed by atoms with E-state index in [2.05, 4.69) is 55.5 Å². The first-order valence-corrected chi connectivity index (χ1v) is 11.9. The molecule has 0 amide bonds. The molecule has 1 aliphatic carbocycles. The lowest BCUT2D eigenvalue weighted by atomic mass is 10.1. The van der Waals surface area contributed by atoms with Crippen LogP contribution in [0.15, 0.2) is 72.8 Å². The standard InChI is InChI=1S/C16H27NO.C13H10/c1-2-3-4-5-6-7-8-9-13-18-16-12-10-11-15(17)14-16;1-3-7-12-10(5-1)9-11-6-2-4-8-13(11)12/h10-12,14H,2-9,13,17H2,1H3;1-8H,9H2. The second-order valence-corrected chi connectivity index (χ2v) is 8.39. The van der Waals surface area contributed by atoms with Gasteiger partial charge < -0.3 is 10.5 Å². The van der Waals surface area contributed by atoms with Gasteiger partial charge in [0.2, 0.25) is 0 Å². The highest BCUT2D eigenvalue weighted by Crippen LogP contribution is 2.35. The van der Waals surface area contributed by atoms with Crippen LogP contribution in [0, 0.1) is 0 Å². The predicted octanol–water partition coefficient (Wildman–Crippen LogP) is 8.05. The van der Waals surface area contributed by atoms with Gasteiger partial charge in [0.25, 0.3) is 0 Å². The third-order valence-corrected chi connectivity index (χ3v) is 5.83. The number of fused-ring (bicyclic) bond motifs is 3. The summed E-state index contributed by atoms with van der Waals surface area (Å²) in [4.78, 5) is 0. The zero-order valence-electron chi connectivity index (χ0n) is 19.0. The molecule has 0 saturated heterocycles. The van der Waals surface area contributed by atoms with Gasteiger partial charge in [0.15, 0.2) is 0 Å². The number of hydrogen-bond acceptors (Lipinski definition) is 2. The van der Waals surface area contributed by atoms with Gasteiger partial charge in [0, 0.05) is 11.8 Å². The number of hydrogen-bond donors (Lipinski definition) is 1. The molecule has 0 atom stereocenters. The number of anilines is 1. The van der Waals surface area contributed by atoms with Crippen LogP contribution in [0.2, 0.25) is 0 Å². The molecule has 0 fully saturated rings. The molecular formula is C29H37NO. The first kappa shape index (κ1) is 22.9. The molecule has 164 valence electrons. The molecule has 0 radical (unpaired) electrons. The van der Waals surface area contributed by atoms with Crippen molar-refractivity contribution in [3.63, 3.8) is 0 Å². The quantitative estimate of drug-likeness (QED) is 0.210. The minimum absolute atomic E-state index is 0.767. The second-order valence-electron chi connectivity index (χ2n) is 8.39. The van der Waals surface area contributed by atoms with Crippen LogP contribution in [0.25, 0.3) is 11.1 Å². The third-order valence-electron chi connectivity index (χ3n) is 5.83. The average molecular weight is 416 g/mol. The highest BCUT2D eigenvalue weighted by Gasteiger charge is 2.15. The summed E-state index contributed by atoms with van der Waals surface area (Å²) in [6, 6.07) is 25.0. The zero-order chi connectivity index (χ0) is 21.7. The summed E-state index contributed by atoms with van der Waals surface area (Å²) in [5.74, 6) is 0.887. The van der Waals surface area contributed by atoms with Crippen LogP contribution in [0.3, 0.4) is 0 Å². The smallest absolute Gasteiger partial charge is 0.121 e. The van der Waals surface area contributed by atoms with E-state index in [0.717, 1.165) is 30.9 Å². The Bertz CT molecular complexity index is 874. The fourth-order valence-electron chi connectivity index (χ4n) is 4.11. The minimum atomic E-state index is 0.767. The summed E-state index contributed by atoms with van der Waals surface area (Å²) >= 11 is 0. The zero-order valence-corrected chi connectivity index (χ0v) is 19.0. The van der Waals surface area contributed by atoms with Gasteiger partial charge >= 0.3 is 0 Å². The van der Waals surface area contributed by atoms with Gasteiger partial charge in [-0.3, -0.25) is 0 Å². The molecule has 0 saturated carbocycles. The number of unbranched alkanes of at least 4 members (excludes halogenated alkanes) is 7. The largest absolute Gasteiger partial charge is 0.494 e. The molecule has 3 aromatic rings. The summed E-state index contributed by atoms with van der Waals surface area (Å²) in [5.41, 5.74) is 12.2. The fourth-order valence-corrected chi connectivity index (χ4v) is 4.11. The summed E-state index contributed by atoms with van der Waals surface area (Å²) in [7, 11) is 0. The van der Waals surface area contributed by atoms with Gasteiger partial charge in [-0.05, 0) is 47.2 Å². The maximum Gasteiger partial charge on any atom is 0.121 e. The molecule has 3 aromatic carbocycles. The topological polar surface area (TPSA) is 35.2 Å². The van der Waals surface area contributed by atoms with Crippen molar-refractivity contribution in [3.05, 3.63) is 83.9 Å². The normalized spacial score (nSPS) is 11.3. The molecule has 0 aromatic heterocycles. The van der Waals surface area contributed by atoms with Crippen molar-refractivity contribution in [1.82, 2.24) is 0 Å². The highest BCUT2D eigenvalue weighted by atomic mass is 16.5. The summed E-state index contributed by atoms with van der Waals surface area (Å²) in [6.07, 6.45) is 11.7. The van der Waals surface area contributed by atoms with Crippen LogP contribution < -0.4 is 10.5 Å². The van der Waals surface area contributed by atoms with Gasteiger partial charge in [-0.15, -0.1) is 0 Å². The molecule has 2 heteroatoms. The van der Waals surface area contributed by atoms with E-state index in [1.54, 1.807) is 0 Å². The van der Waals surface area contributed by atoms with Crippen molar-refractivity contribution in [1.29, 1.82) is 0 Å². The van der Waals surface area contributed by atoms with E-state index in [9.17, 15) is 0 Å². The van der Waals surface area contributed by atoms with E-state index < -0.39 is 0 Å². The Labute approximate surface area is 188 Å². The Hall–Kier alpha value is -2.74. The number of ether oxygens (including phenoxy) is 1. The van der Waals surface area contributed by atoms with Crippen molar-refractivity contribution in [2.24, 2.45) is 0 Å². The van der Waals surface area contributed by atoms with E-state index in [1.807, 2.05) is 24.3 Å². The number of rotatable bonds is 10. The molecule has 4 rings (SSSR count). The van der Waals surface area contributed by atoms with Crippen molar-refractivity contribution in [2.45, 2.75) is 64.7 Å². The van der Waals surface area contributed by atoms with Crippen LogP contribution in [-0.4, -0.2) is 6.61 Å². The van der Waals surface area contributed by atoms with E-state index in [0.29, 0.717) is 0 Å². The van der Waals surface area contributed by atoms with Crippen LogP contribution in [-0.2, 0) is 6.42 Å². The third kappa shape index (κ3) is 7.47. The average Bonchev–Trinajstić information content (AvgIpc) is 3.17. The van der Waals surface area contributed by atoms with Crippen molar-refractivity contribution in [3.8, 4) is 16.9 Å². The van der Waals surface area contributed by atoms with Gasteiger partial charge in [-0.1, -0.05) is 106 Å². The van der Waals surface area contributed by atoms with Gasteiger partial charge in [0.05, 0.1) is 6.61 Å². The Balaban J connectivity index is 0.000000183. The van der Waals surface area contributed by atoms with Gasteiger partial charge in [-0.2, -0.15) is 0 Å². The Morgan fingerprint density at radius 3 is 1.87 bits per heavy atom. The highest BCUT2D eigenvalue weighted by molar-refractivity contribution is 5.76. The molecule has 2 nitrogen and oxygen atoms in total. The van der Waals surface area contributed by atoms with Crippen LogP contribution >= 0.6 is 0 Å². The monoisotopic (exact) mass is 415 g/mol. The number of nitrogens with two attached hydrogens (primary N) is 1. The van der Waals surface area contributed by atoms with Crippen LogP contribution in [0.5, 0.6) is 5.75 Å². The molecular weight excluding hydrogens is 378 g/mol. The van der Waals surface area contributed by atoms with E-state index in [1.165, 1.54) is 67.2 Å². The second kappa shape index (κ2) is 12.8. The maximum absolute atomic E-state index is 5.69. The number of benzene rings is 3. The lowest BCUT2D eigenvalue weighted by Crippen LogP contribution is -1.97. The Morgan fingerprint density at radius 1 is 0.677 bits per heavy atom. The lowest BCUT2D eigenvalue weighted by molar-refractivity contribution is 0.304. The summed E-state index contributed by atoms with van der Waals surface area (Å²) in [6.45, 7) is 3.06. The Morgan fingerprint density at radius 2 is 1.26 bits per heavy atom. The number of nitrogen functional groups attached to an aromatic ring is 1. The van der Waals surface area contributed by atoms with Crippen molar-refractivity contribution < 1.29 is 4.74 Å². The summed E-state index contributed by atoms with van der Waals surface area (Å²) in [5, 5.41) is 0. The lowest BCUT2D eigenvalue weighted by Gasteiger charge is -2.06. The van der Waals surface area contributed by atoms with Gasteiger partial charge in [0.1, 0.15) is 5.75 Å². The first-order chi connectivity index (χ1) is 15.3. The molecule has 0 bridgehead atoms. The van der Waals surface area contributed by atoms with E-state index in [-0.39, 0.29) is 0 Å². The van der Waals surface area contributed by atoms with Crippen molar-refractivity contribution >= 4 is 5.69 Å². The molecule has 0 heterocycles. The first-order valence-electron chi connectivity index (χ1n) is 11.9. The molecule has 0 aliphatic heterocycles. The van der Waals surface area contributed by atoms with Crippen LogP contribution in [0.1, 0.15) is 69.4 Å². The Kier molecular flexibility index (Phi) is 9.50. The minimum Gasteiger partial charge on any atom is -0.494 e. The maximum atomic E-state index is 5.69.